The fourth-order valence-corrected chi connectivity index (χ4v) is 4.15. The monoisotopic (exact) mass is 359 g/mol. The van der Waals surface area contributed by atoms with Crippen LogP contribution in [-0.2, 0) is 11.8 Å². The van der Waals surface area contributed by atoms with Crippen molar-refractivity contribution in [3.8, 4) is 5.75 Å². The minimum absolute atomic E-state index is 0.166. The molecule has 2 nitrogen and oxygen atoms in total. The molecule has 0 amide bonds. The molecular formula is C21H23ClFNO. The Bertz CT molecular complexity index is 833. The SMILES string of the molecule is C/C=C1\N(CC)c2ccc(OC)cc2C1(C)Cc1ccc(F)c(Cl)c1. The summed E-state index contributed by atoms with van der Waals surface area (Å²) in [5.74, 6) is 0.459. The number of methoxy groups -OCH3 is 1. The third kappa shape index (κ3) is 2.91. The molecule has 0 aromatic heterocycles. The topological polar surface area (TPSA) is 12.5 Å². The third-order valence-corrected chi connectivity index (χ3v) is 5.37. The highest BCUT2D eigenvalue weighted by Crippen LogP contribution is 2.50. The van der Waals surface area contributed by atoms with Crippen LogP contribution >= 0.6 is 11.6 Å². The van der Waals surface area contributed by atoms with Crippen LogP contribution in [-0.4, -0.2) is 13.7 Å². The Kier molecular flexibility index (Phi) is 4.79. The van der Waals surface area contributed by atoms with E-state index in [0.29, 0.717) is 0 Å². The largest absolute Gasteiger partial charge is 0.497 e. The molecule has 1 atom stereocenters. The first kappa shape index (κ1) is 17.8. The lowest BCUT2D eigenvalue weighted by Gasteiger charge is -2.30. The minimum atomic E-state index is -0.384. The van der Waals surface area contributed by atoms with E-state index in [1.165, 1.54) is 23.0 Å². The fraction of sp³-hybridized carbons (Fsp3) is 0.333. The average molecular weight is 360 g/mol. The fourth-order valence-electron chi connectivity index (χ4n) is 3.94. The maximum Gasteiger partial charge on any atom is 0.141 e. The lowest BCUT2D eigenvalue weighted by Crippen LogP contribution is -2.30. The lowest BCUT2D eigenvalue weighted by molar-refractivity contribution is 0.413. The van der Waals surface area contributed by atoms with Gasteiger partial charge in [0.2, 0.25) is 0 Å². The van der Waals surface area contributed by atoms with E-state index < -0.39 is 0 Å². The van der Waals surface area contributed by atoms with Crippen LogP contribution < -0.4 is 9.64 Å². The number of allylic oxidation sites excluding steroid dienone is 2. The lowest BCUT2D eigenvalue weighted by atomic mass is 9.76. The summed E-state index contributed by atoms with van der Waals surface area (Å²) in [6.45, 7) is 7.33. The summed E-state index contributed by atoms with van der Waals surface area (Å²) < 4.78 is 19.0. The maximum absolute atomic E-state index is 13.5. The molecule has 1 unspecified atom stereocenters. The van der Waals surface area contributed by atoms with Crippen molar-refractivity contribution >= 4 is 17.3 Å². The molecule has 3 rings (SSSR count). The van der Waals surface area contributed by atoms with Gasteiger partial charge in [0.1, 0.15) is 11.6 Å². The van der Waals surface area contributed by atoms with Gasteiger partial charge >= 0.3 is 0 Å². The first-order valence-electron chi connectivity index (χ1n) is 8.51. The number of hydrogen-bond donors (Lipinski definition) is 0. The van der Waals surface area contributed by atoms with Gasteiger partial charge in [0.25, 0.3) is 0 Å². The van der Waals surface area contributed by atoms with Crippen LogP contribution in [0.4, 0.5) is 10.1 Å². The van der Waals surface area contributed by atoms with Gasteiger partial charge < -0.3 is 9.64 Å². The number of halogens is 2. The van der Waals surface area contributed by atoms with Gasteiger partial charge in [0.05, 0.1) is 12.1 Å². The van der Waals surface area contributed by atoms with E-state index in [9.17, 15) is 4.39 Å². The van der Waals surface area contributed by atoms with Gasteiger partial charge in [0, 0.05) is 23.3 Å². The Morgan fingerprint density at radius 2 is 2.00 bits per heavy atom. The Hall–Kier alpha value is -2.00. The molecule has 25 heavy (non-hydrogen) atoms. The first-order chi connectivity index (χ1) is 11.9. The van der Waals surface area contributed by atoms with E-state index in [2.05, 4.69) is 43.9 Å². The molecule has 0 saturated carbocycles. The first-order valence-corrected chi connectivity index (χ1v) is 8.89. The van der Waals surface area contributed by atoms with Gasteiger partial charge in [-0.25, -0.2) is 4.39 Å². The number of ether oxygens (including phenoxy) is 1. The second kappa shape index (κ2) is 6.72. The highest BCUT2D eigenvalue weighted by molar-refractivity contribution is 6.30. The second-order valence-corrected chi connectivity index (χ2v) is 6.97. The Morgan fingerprint density at radius 1 is 1.24 bits per heavy atom. The molecule has 1 aliphatic heterocycles. The zero-order valence-corrected chi connectivity index (χ0v) is 15.8. The van der Waals surface area contributed by atoms with Crippen molar-refractivity contribution in [2.75, 3.05) is 18.6 Å². The molecule has 2 aromatic carbocycles. The highest BCUT2D eigenvalue weighted by atomic mass is 35.5. The molecule has 1 heterocycles. The number of nitrogens with zero attached hydrogens (tertiary/aromatic N) is 1. The van der Waals surface area contributed by atoms with Crippen LogP contribution in [0.25, 0.3) is 0 Å². The summed E-state index contributed by atoms with van der Waals surface area (Å²) in [4.78, 5) is 2.33. The quantitative estimate of drug-likeness (QED) is 0.691. The number of rotatable bonds is 4. The van der Waals surface area contributed by atoms with E-state index in [-0.39, 0.29) is 16.3 Å². The van der Waals surface area contributed by atoms with Gasteiger partial charge in [-0.1, -0.05) is 23.7 Å². The molecule has 0 spiro atoms. The highest BCUT2D eigenvalue weighted by Gasteiger charge is 2.43. The van der Waals surface area contributed by atoms with E-state index in [4.69, 9.17) is 16.3 Å². The molecule has 1 aliphatic rings. The zero-order chi connectivity index (χ0) is 18.2. The Balaban J connectivity index is 2.13. The number of hydrogen-bond acceptors (Lipinski definition) is 2. The molecule has 4 heteroatoms. The van der Waals surface area contributed by atoms with Crippen molar-refractivity contribution < 1.29 is 9.13 Å². The molecule has 2 aromatic rings. The van der Waals surface area contributed by atoms with E-state index in [0.717, 1.165) is 24.3 Å². The van der Waals surface area contributed by atoms with Gasteiger partial charge in [-0.05, 0) is 68.7 Å². The predicted octanol–water partition coefficient (Wildman–Crippen LogP) is 5.73. The molecule has 0 N–H and O–H groups in total. The van der Waals surface area contributed by atoms with Crippen molar-refractivity contribution in [1.29, 1.82) is 0 Å². The van der Waals surface area contributed by atoms with Crippen LogP contribution in [0.3, 0.4) is 0 Å². The number of likely N-dealkylation sites (N-methyl/N-ethyl adjacent to an activating group) is 1. The van der Waals surface area contributed by atoms with Crippen molar-refractivity contribution in [1.82, 2.24) is 0 Å². The van der Waals surface area contributed by atoms with Crippen LogP contribution in [0.2, 0.25) is 5.02 Å². The van der Waals surface area contributed by atoms with Crippen LogP contribution in [0, 0.1) is 5.82 Å². The predicted molar refractivity (Wildman–Crippen MR) is 102 cm³/mol. The number of fused-ring (bicyclic) bond motifs is 1. The normalized spacial score (nSPS) is 20.9. The van der Waals surface area contributed by atoms with E-state index in [1.807, 2.05) is 12.1 Å². The van der Waals surface area contributed by atoms with Crippen molar-refractivity contribution in [3.05, 3.63) is 70.1 Å². The Morgan fingerprint density at radius 3 is 2.60 bits per heavy atom. The van der Waals surface area contributed by atoms with Crippen LogP contribution in [0.5, 0.6) is 5.75 Å². The maximum atomic E-state index is 13.5. The molecule has 0 saturated heterocycles. The van der Waals surface area contributed by atoms with Crippen molar-refractivity contribution in [3.63, 3.8) is 0 Å². The summed E-state index contributed by atoms with van der Waals surface area (Å²) in [6.07, 6.45) is 2.91. The van der Waals surface area contributed by atoms with Crippen molar-refractivity contribution in [2.24, 2.45) is 0 Å². The average Bonchev–Trinajstić information content (AvgIpc) is 2.85. The summed E-state index contributed by atoms with van der Waals surface area (Å²) >= 11 is 6.00. The van der Waals surface area contributed by atoms with E-state index in [1.54, 1.807) is 13.2 Å². The molecule has 0 bridgehead atoms. The Labute approximate surface area is 153 Å². The second-order valence-electron chi connectivity index (χ2n) is 6.56. The minimum Gasteiger partial charge on any atom is -0.497 e. The third-order valence-electron chi connectivity index (χ3n) is 5.08. The van der Waals surface area contributed by atoms with Gasteiger partial charge in [-0.3, -0.25) is 0 Å². The van der Waals surface area contributed by atoms with Crippen LogP contribution in [0.15, 0.2) is 48.2 Å². The molecule has 0 aliphatic carbocycles. The van der Waals surface area contributed by atoms with Crippen LogP contribution in [0.1, 0.15) is 31.9 Å². The molecule has 0 radical (unpaired) electrons. The smallest absolute Gasteiger partial charge is 0.141 e. The number of anilines is 1. The summed E-state index contributed by atoms with van der Waals surface area (Å²) in [5.41, 5.74) is 4.46. The summed E-state index contributed by atoms with van der Waals surface area (Å²) in [6, 6.07) is 11.2. The molecule has 132 valence electrons. The summed E-state index contributed by atoms with van der Waals surface area (Å²) in [5, 5.41) is 0.166. The molecular weight excluding hydrogens is 337 g/mol. The van der Waals surface area contributed by atoms with E-state index >= 15 is 0 Å². The zero-order valence-electron chi connectivity index (χ0n) is 15.1. The molecule has 0 fully saturated rings. The standard InChI is InChI=1S/C21H23ClFNO/c1-5-20-21(3,13-14-7-9-18(23)17(22)11-14)16-12-15(25-4)8-10-19(16)24(20)6-2/h5,7-12H,6,13H2,1-4H3/b20-5-. The van der Waals surface area contributed by atoms with Gasteiger partial charge in [-0.15, -0.1) is 0 Å². The van der Waals surface area contributed by atoms with Gasteiger partial charge in [0.15, 0.2) is 0 Å². The summed E-state index contributed by atoms with van der Waals surface area (Å²) in [7, 11) is 1.68. The van der Waals surface area contributed by atoms with Crippen molar-refractivity contribution in [2.45, 2.75) is 32.6 Å². The van der Waals surface area contributed by atoms with Gasteiger partial charge in [-0.2, -0.15) is 0 Å². The number of benzene rings is 2.